The molecule has 1 aliphatic rings. The summed E-state index contributed by atoms with van der Waals surface area (Å²) in [4.78, 5) is 27.7. The predicted octanol–water partition coefficient (Wildman–Crippen LogP) is 3.15. The summed E-state index contributed by atoms with van der Waals surface area (Å²) in [6.45, 7) is 3.77. The average molecular weight is 439 g/mol. The van der Waals surface area contributed by atoms with Crippen molar-refractivity contribution < 1.29 is 10.0 Å². The fourth-order valence-corrected chi connectivity index (χ4v) is 3.93. The molecule has 8 nitrogen and oxygen atoms in total. The number of rotatable bonds is 4. The molecule has 2 aromatic heterocycles. The SMILES string of the molecule is CCc1ncnc(-c2ccc(C(=O)N3CCN(O)CC3)c(Cl)c2)c1-c1ccc(N)nc1. The monoisotopic (exact) mass is 438 g/mol. The lowest BCUT2D eigenvalue weighted by Gasteiger charge is -2.31. The average Bonchev–Trinajstić information content (AvgIpc) is 2.79. The van der Waals surface area contributed by atoms with Gasteiger partial charge in [-0.1, -0.05) is 24.6 Å². The van der Waals surface area contributed by atoms with Crippen molar-refractivity contribution in [2.45, 2.75) is 13.3 Å². The third-order valence-corrected chi connectivity index (χ3v) is 5.66. The van der Waals surface area contributed by atoms with Crippen LogP contribution in [0.3, 0.4) is 0 Å². The first-order valence-electron chi connectivity index (χ1n) is 10.1. The van der Waals surface area contributed by atoms with E-state index in [-0.39, 0.29) is 5.91 Å². The first-order chi connectivity index (χ1) is 15.0. The molecule has 160 valence electrons. The standard InChI is InChI=1S/C22H23ClN6O2/c1-2-18-20(15-4-6-19(24)25-12-15)21(27-13-26-18)14-3-5-16(17(23)11-14)22(30)28-7-9-29(31)10-8-28/h3-6,11-13,31H,2,7-10H2,1H3,(H2,24,25). The van der Waals surface area contributed by atoms with Gasteiger partial charge in [0.05, 0.1) is 22.0 Å². The Labute approximate surface area is 185 Å². The number of piperazine rings is 1. The van der Waals surface area contributed by atoms with Crippen LogP contribution in [-0.4, -0.2) is 62.2 Å². The second kappa shape index (κ2) is 8.97. The molecule has 1 aliphatic heterocycles. The number of aryl methyl sites for hydroxylation is 1. The summed E-state index contributed by atoms with van der Waals surface area (Å²) < 4.78 is 0. The van der Waals surface area contributed by atoms with Crippen molar-refractivity contribution in [3.05, 3.63) is 59.1 Å². The van der Waals surface area contributed by atoms with Gasteiger partial charge in [-0.25, -0.2) is 15.0 Å². The fraction of sp³-hybridized carbons (Fsp3) is 0.273. The van der Waals surface area contributed by atoms with Gasteiger partial charge in [0.2, 0.25) is 0 Å². The number of hydrogen-bond donors (Lipinski definition) is 2. The summed E-state index contributed by atoms with van der Waals surface area (Å²) in [6, 6.07) is 8.96. The summed E-state index contributed by atoms with van der Waals surface area (Å²) in [5.74, 6) is 0.290. The predicted molar refractivity (Wildman–Crippen MR) is 119 cm³/mol. The van der Waals surface area contributed by atoms with Gasteiger partial charge in [0.25, 0.3) is 5.91 Å². The summed E-state index contributed by atoms with van der Waals surface area (Å²) in [5, 5.41) is 11.1. The Balaban J connectivity index is 1.71. The second-order valence-corrected chi connectivity index (χ2v) is 7.72. The molecule has 1 fully saturated rings. The van der Waals surface area contributed by atoms with Crippen LogP contribution in [0.1, 0.15) is 23.0 Å². The molecule has 3 heterocycles. The molecule has 1 saturated heterocycles. The molecule has 0 aliphatic carbocycles. The molecule has 1 aromatic carbocycles. The third-order valence-electron chi connectivity index (χ3n) is 5.35. The van der Waals surface area contributed by atoms with Crippen LogP contribution in [0.25, 0.3) is 22.4 Å². The summed E-state index contributed by atoms with van der Waals surface area (Å²) in [6.07, 6.45) is 3.96. The maximum atomic E-state index is 12.9. The van der Waals surface area contributed by atoms with E-state index < -0.39 is 0 Å². The van der Waals surface area contributed by atoms with E-state index in [4.69, 9.17) is 17.3 Å². The van der Waals surface area contributed by atoms with Crippen LogP contribution in [0.5, 0.6) is 0 Å². The zero-order valence-electron chi connectivity index (χ0n) is 17.1. The molecule has 9 heteroatoms. The minimum absolute atomic E-state index is 0.149. The van der Waals surface area contributed by atoms with Crippen molar-refractivity contribution in [3.63, 3.8) is 0 Å². The zero-order valence-corrected chi connectivity index (χ0v) is 17.9. The van der Waals surface area contributed by atoms with E-state index in [1.54, 1.807) is 29.3 Å². The molecular weight excluding hydrogens is 416 g/mol. The van der Waals surface area contributed by atoms with E-state index >= 15 is 0 Å². The zero-order chi connectivity index (χ0) is 22.0. The van der Waals surface area contributed by atoms with Gasteiger partial charge in [-0.05, 0) is 30.7 Å². The van der Waals surface area contributed by atoms with Gasteiger partial charge < -0.3 is 15.8 Å². The lowest BCUT2D eigenvalue weighted by atomic mass is 9.97. The highest BCUT2D eigenvalue weighted by atomic mass is 35.5. The quantitative estimate of drug-likeness (QED) is 0.644. The van der Waals surface area contributed by atoms with Crippen molar-refractivity contribution in [3.8, 4) is 22.4 Å². The highest BCUT2D eigenvalue weighted by molar-refractivity contribution is 6.34. The number of nitrogen functional groups attached to an aromatic ring is 1. The molecule has 1 amide bonds. The smallest absolute Gasteiger partial charge is 0.255 e. The highest BCUT2D eigenvalue weighted by Crippen LogP contribution is 2.34. The maximum Gasteiger partial charge on any atom is 0.255 e. The molecule has 0 bridgehead atoms. The van der Waals surface area contributed by atoms with Gasteiger partial charge >= 0.3 is 0 Å². The molecule has 0 atom stereocenters. The summed E-state index contributed by atoms with van der Waals surface area (Å²) >= 11 is 6.54. The lowest BCUT2D eigenvalue weighted by Crippen LogP contribution is -2.47. The first kappa shape index (κ1) is 21.2. The van der Waals surface area contributed by atoms with Crippen molar-refractivity contribution in [1.29, 1.82) is 0 Å². The van der Waals surface area contributed by atoms with Crippen LogP contribution in [0.4, 0.5) is 5.82 Å². The number of carbonyl (C=O) groups excluding carboxylic acids is 1. The number of pyridine rings is 1. The Morgan fingerprint density at radius 3 is 2.48 bits per heavy atom. The van der Waals surface area contributed by atoms with Gasteiger partial charge in [-0.3, -0.25) is 4.79 Å². The van der Waals surface area contributed by atoms with E-state index in [9.17, 15) is 10.0 Å². The number of hydrogen-bond acceptors (Lipinski definition) is 7. The molecule has 0 radical (unpaired) electrons. The van der Waals surface area contributed by atoms with E-state index in [0.717, 1.165) is 28.8 Å². The van der Waals surface area contributed by atoms with Crippen LogP contribution in [0, 0.1) is 0 Å². The van der Waals surface area contributed by atoms with Gasteiger partial charge in [0.15, 0.2) is 0 Å². The van der Waals surface area contributed by atoms with Crippen LogP contribution in [0.2, 0.25) is 5.02 Å². The number of nitrogens with two attached hydrogens (primary N) is 1. The molecule has 0 unspecified atom stereocenters. The molecule has 3 N–H and O–H groups in total. The number of carbonyl (C=O) groups is 1. The number of amides is 1. The summed E-state index contributed by atoms with van der Waals surface area (Å²) in [5.41, 5.74) is 10.3. The lowest BCUT2D eigenvalue weighted by molar-refractivity contribution is -0.112. The number of aromatic nitrogens is 3. The van der Waals surface area contributed by atoms with E-state index in [1.165, 1.54) is 11.4 Å². The Kier molecular flexibility index (Phi) is 6.13. The number of anilines is 1. The van der Waals surface area contributed by atoms with E-state index in [2.05, 4.69) is 15.0 Å². The third kappa shape index (κ3) is 4.36. The maximum absolute atomic E-state index is 12.9. The van der Waals surface area contributed by atoms with Gasteiger partial charge in [-0.2, -0.15) is 5.06 Å². The van der Waals surface area contributed by atoms with Gasteiger partial charge in [0.1, 0.15) is 12.1 Å². The second-order valence-electron chi connectivity index (χ2n) is 7.31. The van der Waals surface area contributed by atoms with E-state index in [1.807, 2.05) is 19.1 Å². The number of halogens is 1. The molecule has 0 spiro atoms. The molecule has 31 heavy (non-hydrogen) atoms. The van der Waals surface area contributed by atoms with Crippen LogP contribution >= 0.6 is 11.6 Å². The fourth-order valence-electron chi connectivity index (χ4n) is 3.67. The van der Waals surface area contributed by atoms with Crippen LogP contribution in [-0.2, 0) is 6.42 Å². The van der Waals surface area contributed by atoms with Crippen molar-refractivity contribution in [1.82, 2.24) is 24.9 Å². The minimum atomic E-state index is -0.149. The Morgan fingerprint density at radius 1 is 1.10 bits per heavy atom. The first-order valence-corrected chi connectivity index (χ1v) is 10.4. The number of benzene rings is 1. The molecular formula is C22H23ClN6O2. The topological polar surface area (TPSA) is 108 Å². The van der Waals surface area contributed by atoms with E-state index in [0.29, 0.717) is 48.3 Å². The number of nitrogens with zero attached hydrogens (tertiary/aromatic N) is 5. The molecule has 4 rings (SSSR count). The highest BCUT2D eigenvalue weighted by Gasteiger charge is 2.24. The van der Waals surface area contributed by atoms with Crippen molar-refractivity contribution >= 4 is 23.3 Å². The largest absolute Gasteiger partial charge is 0.384 e. The normalized spacial score (nSPS) is 14.6. The van der Waals surface area contributed by atoms with Crippen molar-refractivity contribution in [2.75, 3.05) is 31.9 Å². The molecule has 0 saturated carbocycles. The molecule has 3 aromatic rings. The number of hydroxylamine groups is 2. The minimum Gasteiger partial charge on any atom is -0.384 e. The summed E-state index contributed by atoms with van der Waals surface area (Å²) in [7, 11) is 0. The van der Waals surface area contributed by atoms with Gasteiger partial charge in [-0.15, -0.1) is 0 Å². The Morgan fingerprint density at radius 2 is 1.84 bits per heavy atom. The van der Waals surface area contributed by atoms with Crippen LogP contribution in [0.15, 0.2) is 42.9 Å². The van der Waals surface area contributed by atoms with Crippen molar-refractivity contribution in [2.24, 2.45) is 0 Å². The Bertz CT molecular complexity index is 1100. The van der Waals surface area contributed by atoms with Crippen LogP contribution < -0.4 is 5.73 Å². The Hall–Kier alpha value is -3.07. The van der Waals surface area contributed by atoms with Gasteiger partial charge in [0, 0.05) is 49.1 Å².